The molecule has 0 saturated heterocycles. The van der Waals surface area contributed by atoms with Crippen LogP contribution in [0, 0.1) is 0 Å². The van der Waals surface area contributed by atoms with Crippen molar-refractivity contribution < 1.29 is 9.59 Å². The largest absolute Gasteiger partial charge is 0.348 e. The number of nitrogens with zero attached hydrogens (tertiary/aromatic N) is 2. The third-order valence-corrected chi connectivity index (χ3v) is 5.53. The average Bonchev–Trinajstić information content (AvgIpc) is 2.78. The van der Waals surface area contributed by atoms with Crippen molar-refractivity contribution in [2.24, 2.45) is 0 Å². The van der Waals surface area contributed by atoms with Crippen LogP contribution < -0.4 is 10.4 Å². The molecule has 3 rings (SSSR count). The molecule has 5 nitrogen and oxygen atoms in total. The van der Waals surface area contributed by atoms with E-state index >= 15 is 0 Å². The second-order valence-corrected chi connectivity index (χ2v) is 7.94. The monoisotopic (exact) mass is 419 g/mol. The molecule has 0 radical (unpaired) electrons. The van der Waals surface area contributed by atoms with Crippen LogP contribution in [0.5, 0.6) is 0 Å². The molecule has 0 aliphatic heterocycles. The molecule has 0 atom stereocenters. The summed E-state index contributed by atoms with van der Waals surface area (Å²) in [6.45, 7) is 0.533. The zero-order valence-corrected chi connectivity index (χ0v) is 17.9. The van der Waals surface area contributed by atoms with E-state index in [1.165, 1.54) is 11.8 Å². The summed E-state index contributed by atoms with van der Waals surface area (Å²) >= 11 is 1.37. The van der Waals surface area contributed by atoms with Gasteiger partial charge in [0.05, 0.1) is 23.5 Å². The summed E-state index contributed by atoms with van der Waals surface area (Å²) in [5, 5.41) is 1.84. The third kappa shape index (κ3) is 5.87. The second kappa shape index (κ2) is 10.5. The maximum absolute atomic E-state index is 13.2. The molecule has 154 valence electrons. The van der Waals surface area contributed by atoms with Crippen LogP contribution in [0.25, 0.3) is 0 Å². The Morgan fingerprint density at radius 2 is 1.43 bits per heavy atom. The highest BCUT2D eigenvalue weighted by Gasteiger charge is 2.17. The van der Waals surface area contributed by atoms with Gasteiger partial charge in [0.1, 0.15) is 0 Å². The van der Waals surface area contributed by atoms with Crippen LogP contribution in [0.4, 0.5) is 5.69 Å². The van der Waals surface area contributed by atoms with Gasteiger partial charge in [0.15, 0.2) is 0 Å². The number of nitrogens with one attached hydrogen (secondary N) is 1. The molecule has 0 aliphatic rings. The van der Waals surface area contributed by atoms with Gasteiger partial charge in [-0.15, -0.1) is 11.8 Å². The highest BCUT2D eigenvalue weighted by atomic mass is 32.2. The number of amides is 2. The molecule has 0 aromatic heterocycles. The van der Waals surface area contributed by atoms with Crippen LogP contribution >= 0.6 is 11.8 Å². The zero-order chi connectivity index (χ0) is 21.3. The molecular weight excluding hydrogens is 394 g/mol. The summed E-state index contributed by atoms with van der Waals surface area (Å²) in [6, 6.07) is 27.1. The Balaban J connectivity index is 1.80. The van der Waals surface area contributed by atoms with Crippen molar-refractivity contribution in [1.29, 1.82) is 0 Å². The first-order valence-electron chi connectivity index (χ1n) is 9.64. The van der Waals surface area contributed by atoms with E-state index in [-0.39, 0.29) is 17.6 Å². The van der Waals surface area contributed by atoms with Crippen molar-refractivity contribution in [3.63, 3.8) is 0 Å². The summed E-state index contributed by atoms with van der Waals surface area (Å²) in [7, 11) is 3.45. The van der Waals surface area contributed by atoms with E-state index < -0.39 is 0 Å². The predicted octanol–water partition coefficient (Wildman–Crippen LogP) is 4.22. The summed E-state index contributed by atoms with van der Waals surface area (Å²) < 4.78 is 0. The van der Waals surface area contributed by atoms with E-state index in [4.69, 9.17) is 0 Å². The van der Waals surface area contributed by atoms with Gasteiger partial charge >= 0.3 is 0 Å². The molecule has 0 heterocycles. The fraction of sp³-hybridized carbons (Fsp3) is 0.167. The number of rotatable bonds is 8. The molecule has 30 heavy (non-hydrogen) atoms. The lowest BCUT2D eigenvalue weighted by Gasteiger charge is -2.26. The normalized spacial score (nSPS) is 10.3. The van der Waals surface area contributed by atoms with Crippen molar-refractivity contribution in [3.05, 3.63) is 96.1 Å². The molecule has 3 aromatic rings. The first-order chi connectivity index (χ1) is 14.5. The van der Waals surface area contributed by atoms with E-state index in [1.807, 2.05) is 83.9 Å². The maximum Gasteiger partial charge on any atom is 0.270 e. The van der Waals surface area contributed by atoms with Gasteiger partial charge in [0.25, 0.3) is 5.91 Å². The van der Waals surface area contributed by atoms with Crippen LogP contribution in [0.15, 0.2) is 89.8 Å². The van der Waals surface area contributed by atoms with Crippen LogP contribution in [-0.4, -0.2) is 36.6 Å². The van der Waals surface area contributed by atoms with E-state index in [1.54, 1.807) is 25.1 Å². The predicted molar refractivity (Wildman–Crippen MR) is 122 cm³/mol. The zero-order valence-electron chi connectivity index (χ0n) is 17.1. The molecule has 0 fully saturated rings. The molecule has 0 aliphatic carbocycles. The molecule has 1 N–H and O–H groups in total. The first kappa shape index (κ1) is 21.5. The van der Waals surface area contributed by atoms with E-state index in [0.717, 1.165) is 16.1 Å². The summed E-state index contributed by atoms with van der Waals surface area (Å²) in [4.78, 5) is 27.4. The van der Waals surface area contributed by atoms with Crippen LogP contribution in [0.1, 0.15) is 15.9 Å². The smallest absolute Gasteiger partial charge is 0.270 e. The van der Waals surface area contributed by atoms with Gasteiger partial charge in [-0.3, -0.25) is 20.0 Å². The lowest BCUT2D eigenvalue weighted by Crippen LogP contribution is -2.42. The minimum atomic E-state index is -0.213. The Hall–Kier alpha value is -3.25. The number of hydrazine groups is 1. The van der Waals surface area contributed by atoms with Gasteiger partial charge in [-0.2, -0.15) is 0 Å². The number of thioether (sulfide) groups is 1. The van der Waals surface area contributed by atoms with Crippen LogP contribution in [0.2, 0.25) is 0 Å². The van der Waals surface area contributed by atoms with Crippen molar-refractivity contribution in [1.82, 2.24) is 10.3 Å². The number of hydrogen-bond donors (Lipinski definition) is 1. The van der Waals surface area contributed by atoms with Crippen LogP contribution in [-0.2, 0) is 11.3 Å². The van der Waals surface area contributed by atoms with E-state index in [2.05, 4.69) is 5.43 Å². The Kier molecular flexibility index (Phi) is 7.51. The van der Waals surface area contributed by atoms with Gasteiger partial charge in [-0.1, -0.05) is 60.7 Å². The first-order valence-corrected chi connectivity index (χ1v) is 10.6. The molecule has 0 saturated carbocycles. The quantitative estimate of drug-likeness (QED) is 0.439. The molecular formula is C24H25N3O2S. The standard InChI is InChI=1S/C24H25N3O2S/c1-26(2)23(28)18-30-22-16-10-9-15-21(22)24(29)25-27(20-13-7-4-8-14-20)17-19-11-5-3-6-12-19/h3-16H,17-18H2,1-2H3,(H,25,29). The van der Waals surface area contributed by atoms with Crippen molar-refractivity contribution in [2.75, 3.05) is 24.9 Å². The van der Waals surface area contributed by atoms with E-state index in [9.17, 15) is 9.59 Å². The molecule has 3 aromatic carbocycles. The Labute approximate surface area is 181 Å². The summed E-state index contributed by atoms with van der Waals surface area (Å²) in [5.41, 5.74) is 5.55. The van der Waals surface area contributed by atoms with Gasteiger partial charge < -0.3 is 4.90 Å². The number of carbonyl (C=O) groups is 2. The minimum absolute atomic E-state index is 0.00482. The number of anilines is 1. The van der Waals surface area contributed by atoms with Gasteiger partial charge in [-0.25, -0.2) is 0 Å². The Morgan fingerprint density at radius 3 is 2.10 bits per heavy atom. The SMILES string of the molecule is CN(C)C(=O)CSc1ccccc1C(=O)NN(Cc1ccccc1)c1ccccc1. The lowest BCUT2D eigenvalue weighted by atomic mass is 10.2. The molecule has 6 heteroatoms. The number of para-hydroxylation sites is 1. The highest BCUT2D eigenvalue weighted by Crippen LogP contribution is 2.23. The van der Waals surface area contributed by atoms with Gasteiger partial charge in [0, 0.05) is 19.0 Å². The van der Waals surface area contributed by atoms with E-state index in [0.29, 0.717) is 12.1 Å². The fourth-order valence-electron chi connectivity index (χ4n) is 2.80. The number of carbonyl (C=O) groups excluding carboxylic acids is 2. The number of hydrogen-bond acceptors (Lipinski definition) is 4. The van der Waals surface area contributed by atoms with Crippen molar-refractivity contribution >= 4 is 29.3 Å². The van der Waals surface area contributed by atoms with Gasteiger partial charge in [-0.05, 0) is 29.8 Å². The summed E-state index contributed by atoms with van der Waals surface area (Å²) in [6.07, 6.45) is 0. The topological polar surface area (TPSA) is 52.7 Å². The maximum atomic E-state index is 13.2. The molecule has 2 amide bonds. The lowest BCUT2D eigenvalue weighted by molar-refractivity contribution is -0.125. The fourth-order valence-corrected chi connectivity index (χ4v) is 3.83. The highest BCUT2D eigenvalue weighted by molar-refractivity contribution is 8.00. The van der Waals surface area contributed by atoms with Crippen LogP contribution in [0.3, 0.4) is 0 Å². The molecule has 0 spiro atoms. The third-order valence-electron chi connectivity index (χ3n) is 4.47. The molecule has 0 bridgehead atoms. The number of benzene rings is 3. The average molecular weight is 420 g/mol. The van der Waals surface area contributed by atoms with Crippen molar-refractivity contribution in [2.45, 2.75) is 11.4 Å². The Morgan fingerprint density at radius 1 is 0.833 bits per heavy atom. The Bertz CT molecular complexity index is 978. The van der Waals surface area contributed by atoms with Gasteiger partial charge in [0.2, 0.25) is 5.91 Å². The summed E-state index contributed by atoms with van der Waals surface area (Å²) in [5.74, 6) is 0.0735. The second-order valence-electron chi connectivity index (χ2n) is 6.92. The molecule has 0 unspecified atom stereocenters. The van der Waals surface area contributed by atoms with Crippen molar-refractivity contribution in [3.8, 4) is 0 Å². The minimum Gasteiger partial charge on any atom is -0.348 e.